The summed E-state index contributed by atoms with van der Waals surface area (Å²) < 4.78 is 5.08. The van der Waals surface area contributed by atoms with Crippen molar-refractivity contribution in [2.75, 3.05) is 13.2 Å². The molecule has 3 nitrogen and oxygen atoms in total. The van der Waals surface area contributed by atoms with Crippen LogP contribution in [0.15, 0.2) is 24.3 Å². The van der Waals surface area contributed by atoms with Gasteiger partial charge in [0, 0.05) is 11.1 Å². The normalized spacial score (nSPS) is 12.1. The third-order valence-electron chi connectivity index (χ3n) is 3.85. The molecule has 0 aliphatic carbocycles. The maximum Gasteiger partial charge on any atom is 0.307 e. The molecule has 0 saturated heterocycles. The molecule has 0 radical (unpaired) electrons. The average Bonchev–Trinajstić information content (AvgIpc) is 2.53. The highest BCUT2D eigenvalue weighted by Gasteiger charge is 2.16. The molecule has 0 fully saturated rings. The van der Waals surface area contributed by atoms with Crippen molar-refractivity contribution in [3.05, 3.63) is 34.9 Å². The van der Waals surface area contributed by atoms with Gasteiger partial charge in [-0.25, -0.2) is 0 Å². The van der Waals surface area contributed by atoms with Gasteiger partial charge < -0.3 is 10.1 Å². The van der Waals surface area contributed by atoms with Crippen molar-refractivity contribution < 1.29 is 9.53 Å². The third kappa shape index (κ3) is 8.97. The quantitative estimate of drug-likeness (QED) is 0.415. The Hall–Kier alpha value is -1.06. The van der Waals surface area contributed by atoms with Crippen LogP contribution in [0.5, 0.6) is 0 Å². The van der Waals surface area contributed by atoms with E-state index in [1.54, 1.807) is 0 Å². The fourth-order valence-electron chi connectivity index (χ4n) is 2.60. The van der Waals surface area contributed by atoms with Gasteiger partial charge in [0.15, 0.2) is 0 Å². The SMILES string of the molecule is CCCCCCCCNC(CC(=O)OCC)c1cccc(Cl)c1. The van der Waals surface area contributed by atoms with E-state index in [2.05, 4.69) is 12.2 Å². The summed E-state index contributed by atoms with van der Waals surface area (Å²) in [4.78, 5) is 11.8. The predicted molar refractivity (Wildman–Crippen MR) is 96.8 cm³/mol. The number of hydrogen-bond acceptors (Lipinski definition) is 3. The molecule has 23 heavy (non-hydrogen) atoms. The monoisotopic (exact) mass is 339 g/mol. The smallest absolute Gasteiger partial charge is 0.307 e. The Morgan fingerprint density at radius 3 is 2.61 bits per heavy atom. The van der Waals surface area contributed by atoms with E-state index in [0.717, 1.165) is 18.5 Å². The minimum Gasteiger partial charge on any atom is -0.466 e. The van der Waals surface area contributed by atoms with Crippen molar-refractivity contribution in [3.8, 4) is 0 Å². The van der Waals surface area contributed by atoms with E-state index in [-0.39, 0.29) is 12.0 Å². The lowest BCUT2D eigenvalue weighted by Crippen LogP contribution is -2.25. The van der Waals surface area contributed by atoms with Crippen LogP contribution in [0.1, 0.15) is 70.4 Å². The van der Waals surface area contributed by atoms with E-state index in [9.17, 15) is 4.79 Å². The van der Waals surface area contributed by atoms with Crippen LogP contribution in [0, 0.1) is 0 Å². The summed E-state index contributed by atoms with van der Waals surface area (Å²) in [6.07, 6.45) is 7.89. The van der Waals surface area contributed by atoms with Crippen LogP contribution < -0.4 is 5.32 Å². The molecule has 0 bridgehead atoms. The number of ether oxygens (including phenoxy) is 1. The Labute approximate surface area is 145 Å². The number of rotatable bonds is 12. The summed E-state index contributed by atoms with van der Waals surface area (Å²) in [5.74, 6) is -0.173. The second-order valence-corrected chi connectivity index (χ2v) is 6.28. The number of hydrogen-bond donors (Lipinski definition) is 1. The van der Waals surface area contributed by atoms with Crippen molar-refractivity contribution in [2.45, 2.75) is 64.8 Å². The summed E-state index contributed by atoms with van der Waals surface area (Å²) in [5, 5.41) is 4.18. The van der Waals surface area contributed by atoms with Crippen LogP contribution in [0.25, 0.3) is 0 Å². The molecule has 0 aliphatic rings. The molecular formula is C19H30ClNO2. The van der Waals surface area contributed by atoms with Crippen LogP contribution in [0.4, 0.5) is 0 Å². The molecule has 4 heteroatoms. The molecule has 0 heterocycles. The van der Waals surface area contributed by atoms with Crippen molar-refractivity contribution >= 4 is 17.6 Å². The number of benzene rings is 1. The van der Waals surface area contributed by atoms with E-state index >= 15 is 0 Å². The Kier molecular flexibility index (Phi) is 10.8. The Bertz CT molecular complexity index is 451. The van der Waals surface area contributed by atoms with Crippen LogP contribution >= 0.6 is 11.6 Å². The highest BCUT2D eigenvalue weighted by atomic mass is 35.5. The maximum atomic E-state index is 11.8. The van der Waals surface area contributed by atoms with E-state index in [1.807, 2.05) is 31.2 Å². The molecular weight excluding hydrogens is 310 g/mol. The van der Waals surface area contributed by atoms with Gasteiger partial charge in [-0.3, -0.25) is 4.79 Å². The molecule has 0 spiro atoms. The zero-order chi connectivity index (χ0) is 16.9. The van der Waals surface area contributed by atoms with Gasteiger partial charge in [0.2, 0.25) is 0 Å². The van der Waals surface area contributed by atoms with Gasteiger partial charge in [-0.15, -0.1) is 0 Å². The highest BCUT2D eigenvalue weighted by Crippen LogP contribution is 2.21. The fraction of sp³-hybridized carbons (Fsp3) is 0.632. The summed E-state index contributed by atoms with van der Waals surface area (Å²) in [7, 11) is 0. The first-order chi connectivity index (χ1) is 11.2. The van der Waals surface area contributed by atoms with Crippen molar-refractivity contribution in [2.24, 2.45) is 0 Å². The lowest BCUT2D eigenvalue weighted by molar-refractivity contribution is -0.143. The molecule has 0 amide bonds. The molecule has 1 rings (SSSR count). The highest BCUT2D eigenvalue weighted by molar-refractivity contribution is 6.30. The predicted octanol–water partition coefficient (Wildman–Crippen LogP) is 5.28. The summed E-state index contributed by atoms with van der Waals surface area (Å²) >= 11 is 6.07. The Morgan fingerprint density at radius 2 is 1.91 bits per heavy atom. The zero-order valence-corrected chi connectivity index (χ0v) is 15.2. The van der Waals surface area contributed by atoms with Crippen molar-refractivity contribution in [1.82, 2.24) is 5.32 Å². The molecule has 0 aliphatic heterocycles. The van der Waals surface area contributed by atoms with Crippen LogP contribution in [-0.2, 0) is 9.53 Å². The summed E-state index contributed by atoms with van der Waals surface area (Å²) in [6, 6.07) is 7.65. The zero-order valence-electron chi connectivity index (χ0n) is 14.4. The lowest BCUT2D eigenvalue weighted by atomic mass is 10.0. The molecule has 0 aromatic heterocycles. The van der Waals surface area contributed by atoms with Gasteiger partial charge in [-0.2, -0.15) is 0 Å². The number of carbonyl (C=O) groups is 1. The van der Waals surface area contributed by atoms with E-state index in [4.69, 9.17) is 16.3 Å². The van der Waals surface area contributed by atoms with Gasteiger partial charge in [0.1, 0.15) is 0 Å². The van der Waals surface area contributed by atoms with Gasteiger partial charge >= 0.3 is 5.97 Å². The summed E-state index contributed by atoms with van der Waals surface area (Å²) in [6.45, 7) is 5.38. The van der Waals surface area contributed by atoms with Crippen LogP contribution in [-0.4, -0.2) is 19.1 Å². The van der Waals surface area contributed by atoms with E-state index in [0.29, 0.717) is 18.1 Å². The van der Waals surface area contributed by atoms with E-state index in [1.165, 1.54) is 32.1 Å². The topological polar surface area (TPSA) is 38.3 Å². The molecule has 1 aromatic rings. The van der Waals surface area contributed by atoms with Gasteiger partial charge in [-0.1, -0.05) is 62.8 Å². The lowest BCUT2D eigenvalue weighted by Gasteiger charge is -2.19. The number of unbranched alkanes of at least 4 members (excludes halogenated alkanes) is 5. The second-order valence-electron chi connectivity index (χ2n) is 5.84. The summed E-state index contributed by atoms with van der Waals surface area (Å²) in [5.41, 5.74) is 1.04. The van der Waals surface area contributed by atoms with Gasteiger partial charge in [-0.05, 0) is 37.6 Å². The molecule has 1 unspecified atom stereocenters. The fourth-order valence-corrected chi connectivity index (χ4v) is 2.80. The molecule has 1 aromatic carbocycles. The van der Waals surface area contributed by atoms with Crippen molar-refractivity contribution in [3.63, 3.8) is 0 Å². The molecule has 1 atom stereocenters. The number of esters is 1. The minimum absolute atomic E-state index is 0.0385. The largest absolute Gasteiger partial charge is 0.466 e. The first-order valence-electron chi connectivity index (χ1n) is 8.81. The first-order valence-corrected chi connectivity index (χ1v) is 9.19. The number of halogens is 1. The van der Waals surface area contributed by atoms with Gasteiger partial charge in [0.05, 0.1) is 13.0 Å². The minimum atomic E-state index is -0.173. The standard InChI is InChI=1S/C19H30ClNO2/c1-3-5-6-7-8-9-13-21-18(15-19(22)23-4-2)16-11-10-12-17(20)14-16/h10-12,14,18,21H,3-9,13,15H2,1-2H3. The van der Waals surface area contributed by atoms with Crippen LogP contribution in [0.3, 0.4) is 0 Å². The second kappa shape index (κ2) is 12.4. The Balaban J connectivity index is 2.46. The molecule has 0 saturated carbocycles. The number of carbonyl (C=O) groups excluding carboxylic acids is 1. The van der Waals surface area contributed by atoms with E-state index < -0.39 is 0 Å². The third-order valence-corrected chi connectivity index (χ3v) is 4.08. The maximum absolute atomic E-state index is 11.8. The van der Waals surface area contributed by atoms with Gasteiger partial charge in [0.25, 0.3) is 0 Å². The van der Waals surface area contributed by atoms with Crippen molar-refractivity contribution in [1.29, 1.82) is 0 Å². The molecule has 1 N–H and O–H groups in total. The molecule has 130 valence electrons. The number of nitrogens with one attached hydrogen (secondary N) is 1. The first kappa shape index (κ1) is 20.0. The average molecular weight is 340 g/mol. The Morgan fingerprint density at radius 1 is 1.17 bits per heavy atom. The van der Waals surface area contributed by atoms with Crippen LogP contribution in [0.2, 0.25) is 5.02 Å².